The van der Waals surface area contributed by atoms with E-state index in [0.717, 1.165) is 24.9 Å². The maximum Gasteiger partial charge on any atom is 0.335 e. The predicted molar refractivity (Wildman–Crippen MR) is 74.6 cm³/mol. The molecule has 0 spiro atoms. The second kappa shape index (κ2) is 5.27. The molecule has 2 atom stereocenters. The van der Waals surface area contributed by atoms with Gasteiger partial charge in [0.1, 0.15) is 0 Å². The Morgan fingerprint density at radius 3 is 2.70 bits per heavy atom. The molecule has 2 aliphatic rings. The molecule has 106 valence electrons. The van der Waals surface area contributed by atoms with E-state index in [1.54, 1.807) is 18.2 Å². The quantitative estimate of drug-likeness (QED) is 0.916. The predicted octanol–water partition coefficient (Wildman–Crippen LogP) is 2.33. The number of carbonyl (C=O) groups excluding carboxylic acids is 1. The Balaban J connectivity index is 1.62. The molecule has 0 aromatic heterocycles. The van der Waals surface area contributed by atoms with Crippen molar-refractivity contribution in [1.82, 2.24) is 4.90 Å². The zero-order valence-electron chi connectivity index (χ0n) is 11.4. The van der Waals surface area contributed by atoms with Crippen molar-refractivity contribution in [2.24, 2.45) is 5.92 Å². The van der Waals surface area contributed by atoms with Gasteiger partial charge in [-0.1, -0.05) is 18.2 Å². The van der Waals surface area contributed by atoms with E-state index in [-0.39, 0.29) is 5.91 Å². The molecule has 2 bridgehead atoms. The van der Waals surface area contributed by atoms with Gasteiger partial charge in [0.15, 0.2) is 0 Å². The second-order valence-electron chi connectivity index (χ2n) is 5.84. The van der Waals surface area contributed by atoms with Gasteiger partial charge in [-0.05, 0) is 43.2 Å². The number of aromatic carboxylic acids is 1. The van der Waals surface area contributed by atoms with Crippen molar-refractivity contribution in [2.75, 3.05) is 6.54 Å². The fourth-order valence-corrected chi connectivity index (χ4v) is 3.56. The summed E-state index contributed by atoms with van der Waals surface area (Å²) in [4.78, 5) is 25.4. The minimum atomic E-state index is -0.923. The van der Waals surface area contributed by atoms with Gasteiger partial charge in [-0.2, -0.15) is 0 Å². The Labute approximate surface area is 118 Å². The third kappa shape index (κ3) is 2.42. The lowest BCUT2D eigenvalue weighted by atomic mass is 10.0. The molecule has 0 radical (unpaired) electrons. The van der Waals surface area contributed by atoms with E-state index in [1.807, 2.05) is 11.0 Å². The van der Waals surface area contributed by atoms with E-state index < -0.39 is 5.97 Å². The van der Waals surface area contributed by atoms with E-state index in [9.17, 15) is 9.59 Å². The summed E-state index contributed by atoms with van der Waals surface area (Å²) in [6.07, 6.45) is 4.48. The number of fused-ring (bicyclic) bond motifs is 2. The van der Waals surface area contributed by atoms with E-state index in [4.69, 9.17) is 5.11 Å². The molecule has 1 N–H and O–H groups in total. The first-order valence-electron chi connectivity index (χ1n) is 7.26. The second-order valence-corrected chi connectivity index (χ2v) is 5.84. The Hall–Kier alpha value is -1.84. The van der Waals surface area contributed by atoms with Crippen molar-refractivity contribution in [3.05, 3.63) is 35.4 Å². The van der Waals surface area contributed by atoms with Crippen LogP contribution in [0.2, 0.25) is 0 Å². The van der Waals surface area contributed by atoms with Gasteiger partial charge < -0.3 is 10.0 Å². The third-order valence-electron chi connectivity index (χ3n) is 4.59. The van der Waals surface area contributed by atoms with Crippen LogP contribution in [0.5, 0.6) is 0 Å². The van der Waals surface area contributed by atoms with Crippen LogP contribution in [0.3, 0.4) is 0 Å². The summed E-state index contributed by atoms with van der Waals surface area (Å²) in [6, 6.07) is 7.38. The van der Waals surface area contributed by atoms with Crippen molar-refractivity contribution < 1.29 is 14.7 Å². The number of carboxylic acid groups (broad SMARTS) is 1. The standard InChI is InChI=1S/C16H19NO3/c18-15(17-10-11-5-7-13(17)9-11)8-6-12-3-1-2-4-14(12)16(19)20/h1-4,11,13H,5-10H2,(H,19,20). The summed E-state index contributed by atoms with van der Waals surface area (Å²) in [5.74, 6) is -0.0408. The van der Waals surface area contributed by atoms with Gasteiger partial charge in [0, 0.05) is 19.0 Å². The molecular weight excluding hydrogens is 254 g/mol. The Morgan fingerprint density at radius 2 is 2.05 bits per heavy atom. The highest BCUT2D eigenvalue weighted by Gasteiger charge is 2.39. The highest BCUT2D eigenvalue weighted by molar-refractivity contribution is 5.89. The fourth-order valence-electron chi connectivity index (χ4n) is 3.56. The third-order valence-corrected chi connectivity index (χ3v) is 4.59. The molecule has 1 aliphatic heterocycles. The van der Waals surface area contributed by atoms with E-state index >= 15 is 0 Å². The van der Waals surface area contributed by atoms with Crippen molar-refractivity contribution in [2.45, 2.75) is 38.1 Å². The largest absolute Gasteiger partial charge is 0.478 e. The normalized spacial score (nSPS) is 24.1. The number of piperidine rings is 1. The van der Waals surface area contributed by atoms with Crippen molar-refractivity contribution in [1.29, 1.82) is 0 Å². The SMILES string of the molecule is O=C(O)c1ccccc1CCC(=O)N1CC2CCC1C2. The summed E-state index contributed by atoms with van der Waals surface area (Å²) in [5.41, 5.74) is 1.06. The van der Waals surface area contributed by atoms with Crippen molar-refractivity contribution in [3.63, 3.8) is 0 Å². The number of amides is 1. The molecule has 1 amide bonds. The molecule has 20 heavy (non-hydrogen) atoms. The van der Waals surface area contributed by atoms with Gasteiger partial charge in [-0.15, -0.1) is 0 Å². The average Bonchev–Trinajstić information content (AvgIpc) is 3.07. The molecule has 1 aromatic carbocycles. The van der Waals surface area contributed by atoms with Gasteiger partial charge in [0.2, 0.25) is 5.91 Å². The van der Waals surface area contributed by atoms with Crippen LogP contribution in [0.15, 0.2) is 24.3 Å². The van der Waals surface area contributed by atoms with Crippen LogP contribution >= 0.6 is 0 Å². The van der Waals surface area contributed by atoms with Gasteiger partial charge >= 0.3 is 5.97 Å². The number of carbonyl (C=O) groups is 2. The summed E-state index contributed by atoms with van der Waals surface area (Å²) in [6.45, 7) is 0.907. The van der Waals surface area contributed by atoms with Crippen molar-refractivity contribution in [3.8, 4) is 0 Å². The first-order valence-corrected chi connectivity index (χ1v) is 7.26. The summed E-state index contributed by atoms with van der Waals surface area (Å²) in [7, 11) is 0. The van der Waals surface area contributed by atoms with Crippen LogP contribution in [0.4, 0.5) is 0 Å². The minimum Gasteiger partial charge on any atom is -0.478 e. The molecule has 3 rings (SSSR count). The molecule has 1 aliphatic carbocycles. The van der Waals surface area contributed by atoms with E-state index in [2.05, 4.69) is 0 Å². The number of aryl methyl sites for hydroxylation is 1. The number of hydrogen-bond acceptors (Lipinski definition) is 2. The summed E-state index contributed by atoms with van der Waals surface area (Å²) >= 11 is 0. The monoisotopic (exact) mass is 273 g/mol. The van der Waals surface area contributed by atoms with Crippen LogP contribution < -0.4 is 0 Å². The van der Waals surface area contributed by atoms with Crippen LogP contribution in [0.1, 0.15) is 41.6 Å². The molecule has 1 saturated heterocycles. The fraction of sp³-hybridized carbons (Fsp3) is 0.500. The maximum atomic E-state index is 12.3. The van der Waals surface area contributed by atoms with Crippen molar-refractivity contribution >= 4 is 11.9 Å². The number of nitrogens with zero attached hydrogens (tertiary/aromatic N) is 1. The van der Waals surface area contributed by atoms with Crippen LogP contribution in [-0.4, -0.2) is 34.5 Å². The van der Waals surface area contributed by atoms with E-state index in [1.165, 1.54) is 6.42 Å². The maximum absolute atomic E-state index is 12.3. The molecule has 4 nitrogen and oxygen atoms in total. The van der Waals surface area contributed by atoms with Crippen LogP contribution in [0.25, 0.3) is 0 Å². The number of rotatable bonds is 4. The van der Waals surface area contributed by atoms with Gasteiger partial charge in [0.25, 0.3) is 0 Å². The first kappa shape index (κ1) is 13.2. The molecule has 1 aromatic rings. The lowest BCUT2D eigenvalue weighted by Gasteiger charge is -2.27. The number of carboxylic acids is 1. The summed E-state index contributed by atoms with van der Waals surface area (Å²) < 4.78 is 0. The first-order chi connectivity index (χ1) is 9.65. The average molecular weight is 273 g/mol. The molecule has 2 fully saturated rings. The zero-order valence-corrected chi connectivity index (χ0v) is 11.4. The Kier molecular flexibility index (Phi) is 3.47. The molecule has 1 saturated carbocycles. The Morgan fingerprint density at radius 1 is 1.25 bits per heavy atom. The molecular formula is C16H19NO3. The molecule has 1 heterocycles. The lowest BCUT2D eigenvalue weighted by Crippen LogP contribution is -2.37. The lowest BCUT2D eigenvalue weighted by molar-refractivity contribution is -0.132. The topological polar surface area (TPSA) is 57.6 Å². The minimum absolute atomic E-state index is 0.178. The molecule has 2 unspecified atom stereocenters. The summed E-state index contributed by atoms with van der Waals surface area (Å²) in [5, 5.41) is 9.13. The highest BCUT2D eigenvalue weighted by Crippen LogP contribution is 2.37. The van der Waals surface area contributed by atoms with Crippen LogP contribution in [-0.2, 0) is 11.2 Å². The smallest absolute Gasteiger partial charge is 0.335 e. The number of benzene rings is 1. The van der Waals surface area contributed by atoms with Gasteiger partial charge in [-0.3, -0.25) is 4.79 Å². The molecule has 4 heteroatoms. The highest BCUT2D eigenvalue weighted by atomic mass is 16.4. The zero-order chi connectivity index (χ0) is 14.1. The Bertz CT molecular complexity index is 540. The number of hydrogen-bond donors (Lipinski definition) is 1. The van der Waals surface area contributed by atoms with E-state index in [0.29, 0.717) is 30.4 Å². The van der Waals surface area contributed by atoms with Crippen LogP contribution in [0, 0.1) is 5.92 Å². The van der Waals surface area contributed by atoms with Gasteiger partial charge in [-0.25, -0.2) is 4.79 Å². The van der Waals surface area contributed by atoms with Gasteiger partial charge in [0.05, 0.1) is 5.56 Å². The number of likely N-dealkylation sites (tertiary alicyclic amines) is 1.